The number of aryl methyl sites for hydroxylation is 1. The van der Waals surface area contributed by atoms with Gasteiger partial charge in [-0.3, -0.25) is 4.68 Å². The molecule has 0 spiro atoms. The maximum absolute atomic E-state index is 12.2. The van der Waals surface area contributed by atoms with Crippen molar-refractivity contribution < 1.29 is 4.79 Å². The lowest BCUT2D eigenvalue weighted by molar-refractivity contribution is 0.248. The molecule has 1 aromatic heterocycles. The topological polar surface area (TPSA) is 82.7 Å². The van der Waals surface area contributed by atoms with Crippen molar-refractivity contribution in [3.63, 3.8) is 0 Å². The molecule has 0 saturated heterocycles. The first-order valence-electron chi connectivity index (χ1n) is 8.19. The third-order valence-corrected chi connectivity index (χ3v) is 4.50. The fourth-order valence-corrected chi connectivity index (χ4v) is 2.82. The molecule has 2 N–H and O–H groups in total. The van der Waals surface area contributed by atoms with Crippen LogP contribution in [-0.2, 0) is 13.0 Å². The average Bonchev–Trinajstić information content (AvgIpc) is 3.17. The first-order chi connectivity index (χ1) is 11.6. The molecule has 2 aromatic rings. The average molecular weight is 323 g/mol. The minimum absolute atomic E-state index is 0.127. The molecule has 0 atom stereocenters. The molecule has 1 aliphatic rings. The summed E-state index contributed by atoms with van der Waals surface area (Å²) >= 11 is 0. The Balaban J connectivity index is 1.56. The molecule has 124 valence electrons. The highest BCUT2D eigenvalue weighted by molar-refractivity contribution is 5.90. The lowest BCUT2D eigenvalue weighted by Gasteiger charge is -2.17. The molecule has 1 aliphatic carbocycles. The van der Waals surface area contributed by atoms with E-state index in [1.807, 2.05) is 29.9 Å². The number of nitrogens with zero attached hydrogens (tertiary/aromatic N) is 3. The zero-order valence-corrected chi connectivity index (χ0v) is 13.7. The Bertz CT molecular complexity index is 756. The summed E-state index contributed by atoms with van der Waals surface area (Å²) in [5, 5.41) is 19.1. The van der Waals surface area contributed by atoms with Gasteiger partial charge in [-0.25, -0.2) is 4.79 Å². The van der Waals surface area contributed by atoms with Gasteiger partial charge in [0, 0.05) is 36.6 Å². The summed E-state index contributed by atoms with van der Waals surface area (Å²) in [5.41, 5.74) is 2.45. The second-order valence-corrected chi connectivity index (χ2v) is 6.35. The molecule has 1 saturated carbocycles. The Labute approximate surface area is 141 Å². The van der Waals surface area contributed by atoms with Crippen LogP contribution in [0.2, 0.25) is 0 Å². The SMILES string of the molecule is CCc1cc(C#N)ccc1NC(=O)NCC1(Cn2cccn2)CC1. The second-order valence-electron chi connectivity index (χ2n) is 6.35. The fourth-order valence-electron chi connectivity index (χ4n) is 2.82. The van der Waals surface area contributed by atoms with Gasteiger partial charge in [0.25, 0.3) is 0 Å². The summed E-state index contributed by atoms with van der Waals surface area (Å²) in [6.45, 7) is 3.47. The number of benzene rings is 1. The van der Waals surface area contributed by atoms with Crippen molar-refractivity contribution in [1.29, 1.82) is 5.26 Å². The fraction of sp³-hybridized carbons (Fsp3) is 0.389. The number of urea groups is 1. The van der Waals surface area contributed by atoms with Gasteiger partial charge in [-0.05, 0) is 49.1 Å². The summed E-state index contributed by atoms with van der Waals surface area (Å²) in [5.74, 6) is 0. The maximum atomic E-state index is 12.2. The predicted octanol–water partition coefficient (Wildman–Crippen LogP) is 2.92. The smallest absolute Gasteiger partial charge is 0.319 e. The molecular weight excluding hydrogens is 302 g/mol. The van der Waals surface area contributed by atoms with Crippen LogP contribution in [0.3, 0.4) is 0 Å². The highest BCUT2D eigenvalue weighted by Crippen LogP contribution is 2.46. The van der Waals surface area contributed by atoms with Crippen LogP contribution in [-0.4, -0.2) is 22.4 Å². The maximum Gasteiger partial charge on any atom is 0.319 e. The van der Waals surface area contributed by atoms with Gasteiger partial charge >= 0.3 is 6.03 Å². The molecule has 0 radical (unpaired) electrons. The van der Waals surface area contributed by atoms with Crippen molar-refractivity contribution in [1.82, 2.24) is 15.1 Å². The molecule has 0 unspecified atom stereocenters. The van der Waals surface area contributed by atoms with Crippen LogP contribution >= 0.6 is 0 Å². The monoisotopic (exact) mass is 323 g/mol. The van der Waals surface area contributed by atoms with E-state index in [-0.39, 0.29) is 11.4 Å². The molecule has 1 heterocycles. The number of hydrogen-bond donors (Lipinski definition) is 2. The number of aromatic nitrogens is 2. The van der Waals surface area contributed by atoms with Crippen molar-refractivity contribution in [2.75, 3.05) is 11.9 Å². The normalized spacial score (nSPS) is 14.7. The van der Waals surface area contributed by atoms with E-state index in [9.17, 15) is 4.79 Å². The van der Waals surface area contributed by atoms with E-state index < -0.39 is 0 Å². The summed E-state index contributed by atoms with van der Waals surface area (Å²) in [6.07, 6.45) is 6.68. The van der Waals surface area contributed by atoms with Crippen molar-refractivity contribution >= 4 is 11.7 Å². The van der Waals surface area contributed by atoms with Gasteiger partial charge in [0.2, 0.25) is 0 Å². The Morgan fingerprint density at radius 2 is 2.29 bits per heavy atom. The molecule has 0 aliphatic heterocycles. The third kappa shape index (κ3) is 3.74. The van der Waals surface area contributed by atoms with E-state index in [1.54, 1.807) is 18.3 Å². The second kappa shape index (κ2) is 6.75. The van der Waals surface area contributed by atoms with Gasteiger partial charge in [-0.15, -0.1) is 0 Å². The van der Waals surface area contributed by atoms with Gasteiger partial charge in [-0.2, -0.15) is 10.4 Å². The Hall–Kier alpha value is -2.81. The highest BCUT2D eigenvalue weighted by atomic mass is 16.2. The summed E-state index contributed by atoms with van der Waals surface area (Å²) in [7, 11) is 0. The van der Waals surface area contributed by atoms with Gasteiger partial charge < -0.3 is 10.6 Å². The Kier molecular flexibility index (Phi) is 4.52. The number of nitrogens with one attached hydrogen (secondary N) is 2. The van der Waals surface area contributed by atoms with Crippen LogP contribution in [0.5, 0.6) is 0 Å². The predicted molar refractivity (Wildman–Crippen MR) is 91.5 cm³/mol. The van der Waals surface area contributed by atoms with Crippen LogP contribution in [0.25, 0.3) is 0 Å². The number of carbonyl (C=O) groups is 1. The van der Waals surface area contributed by atoms with Crippen LogP contribution in [0.1, 0.15) is 30.9 Å². The molecule has 1 fully saturated rings. The quantitative estimate of drug-likeness (QED) is 0.857. The van der Waals surface area contributed by atoms with E-state index in [0.29, 0.717) is 12.1 Å². The van der Waals surface area contributed by atoms with Crippen molar-refractivity contribution in [3.8, 4) is 6.07 Å². The van der Waals surface area contributed by atoms with Gasteiger partial charge in [-0.1, -0.05) is 6.92 Å². The first kappa shape index (κ1) is 16.1. The zero-order chi connectivity index (χ0) is 17.0. The number of rotatable bonds is 6. The Morgan fingerprint density at radius 3 is 2.92 bits per heavy atom. The van der Waals surface area contributed by atoms with Crippen molar-refractivity contribution in [2.24, 2.45) is 5.41 Å². The van der Waals surface area contributed by atoms with Crippen LogP contribution < -0.4 is 10.6 Å². The molecular formula is C18H21N5O. The molecule has 0 bridgehead atoms. The standard InChI is InChI=1S/C18H21N5O/c1-2-15-10-14(11-19)4-5-16(15)22-17(24)20-12-18(6-7-18)13-23-9-3-8-21-23/h3-5,8-10H,2,6-7,12-13H2,1H3,(H2,20,22,24). The van der Waals surface area contributed by atoms with Gasteiger partial charge in [0.05, 0.1) is 11.6 Å². The minimum atomic E-state index is -0.207. The van der Waals surface area contributed by atoms with Crippen molar-refractivity contribution in [2.45, 2.75) is 32.7 Å². The molecule has 6 nitrogen and oxygen atoms in total. The lowest BCUT2D eigenvalue weighted by atomic mass is 10.1. The van der Waals surface area contributed by atoms with Gasteiger partial charge in [0.1, 0.15) is 0 Å². The number of anilines is 1. The van der Waals surface area contributed by atoms with E-state index in [0.717, 1.165) is 37.1 Å². The largest absolute Gasteiger partial charge is 0.337 e. The number of amides is 2. The molecule has 1 aromatic carbocycles. The molecule has 24 heavy (non-hydrogen) atoms. The van der Waals surface area contributed by atoms with E-state index >= 15 is 0 Å². The van der Waals surface area contributed by atoms with Crippen molar-refractivity contribution in [3.05, 3.63) is 47.8 Å². The Morgan fingerprint density at radius 1 is 1.46 bits per heavy atom. The zero-order valence-electron chi connectivity index (χ0n) is 13.7. The van der Waals surface area contributed by atoms with Crippen LogP contribution in [0, 0.1) is 16.7 Å². The summed E-state index contributed by atoms with van der Waals surface area (Å²) < 4.78 is 1.92. The van der Waals surface area contributed by atoms with E-state index in [2.05, 4.69) is 21.8 Å². The van der Waals surface area contributed by atoms with E-state index in [1.165, 1.54) is 0 Å². The number of hydrogen-bond acceptors (Lipinski definition) is 3. The summed E-state index contributed by atoms with van der Waals surface area (Å²) in [6, 6.07) is 9.14. The minimum Gasteiger partial charge on any atom is -0.337 e. The summed E-state index contributed by atoms with van der Waals surface area (Å²) in [4.78, 5) is 12.2. The number of carbonyl (C=O) groups excluding carboxylic acids is 1. The molecule has 2 amide bonds. The van der Waals surface area contributed by atoms with Gasteiger partial charge in [0.15, 0.2) is 0 Å². The third-order valence-electron chi connectivity index (χ3n) is 4.50. The number of nitriles is 1. The highest BCUT2D eigenvalue weighted by Gasteiger charge is 2.43. The van der Waals surface area contributed by atoms with Crippen LogP contribution in [0.4, 0.5) is 10.5 Å². The molecule has 3 rings (SSSR count). The lowest BCUT2D eigenvalue weighted by Crippen LogP contribution is -2.35. The first-order valence-corrected chi connectivity index (χ1v) is 8.19. The van der Waals surface area contributed by atoms with E-state index in [4.69, 9.17) is 5.26 Å². The molecule has 6 heteroatoms. The van der Waals surface area contributed by atoms with Crippen LogP contribution in [0.15, 0.2) is 36.7 Å².